The third-order valence-corrected chi connectivity index (χ3v) is 4.75. The number of hydrogen-bond donors (Lipinski definition) is 2. The normalized spacial score (nSPS) is 11.4. The molecule has 2 N–H and O–H groups in total. The molecule has 0 aliphatic heterocycles. The minimum atomic E-state index is -0.185. The van der Waals surface area contributed by atoms with E-state index in [0.717, 1.165) is 34.5 Å². The molecule has 138 valence electrons. The number of aromatic amines is 2. The average molecular weight is 363 g/mol. The predicted molar refractivity (Wildman–Crippen MR) is 104 cm³/mol. The Labute approximate surface area is 156 Å². The number of H-pyrrole nitrogens is 2. The summed E-state index contributed by atoms with van der Waals surface area (Å²) in [5.74, 6) is 0. The maximum absolute atomic E-state index is 12.8. The fraction of sp³-hybridized carbons (Fsp3) is 0.250. The summed E-state index contributed by atoms with van der Waals surface area (Å²) in [5, 5.41) is 10.5. The third kappa shape index (κ3) is 2.86. The first-order chi connectivity index (χ1) is 13.1. The summed E-state index contributed by atoms with van der Waals surface area (Å²) in [7, 11) is 1.63. The molecule has 0 spiro atoms. The number of aromatic nitrogens is 5. The van der Waals surface area contributed by atoms with Gasteiger partial charge in [0, 0.05) is 24.4 Å². The van der Waals surface area contributed by atoms with E-state index < -0.39 is 0 Å². The Hall–Kier alpha value is -3.19. The maximum Gasteiger partial charge on any atom is 0.273 e. The quantitative estimate of drug-likeness (QED) is 0.570. The van der Waals surface area contributed by atoms with Crippen molar-refractivity contribution in [2.24, 2.45) is 0 Å². The van der Waals surface area contributed by atoms with Gasteiger partial charge in [-0.1, -0.05) is 37.3 Å². The van der Waals surface area contributed by atoms with Gasteiger partial charge in [0.1, 0.15) is 5.69 Å². The predicted octanol–water partition coefficient (Wildman–Crippen LogP) is 3.10. The molecule has 0 saturated carbocycles. The van der Waals surface area contributed by atoms with Crippen molar-refractivity contribution in [2.75, 3.05) is 7.11 Å². The molecule has 4 rings (SSSR count). The lowest BCUT2D eigenvalue weighted by molar-refractivity contribution is 0.181. The van der Waals surface area contributed by atoms with E-state index in [0.29, 0.717) is 23.6 Å². The Morgan fingerprint density at radius 2 is 1.96 bits per heavy atom. The molecule has 0 saturated heterocycles. The van der Waals surface area contributed by atoms with Crippen LogP contribution in [0.15, 0.2) is 41.2 Å². The highest BCUT2D eigenvalue weighted by Crippen LogP contribution is 2.29. The molecule has 0 unspecified atom stereocenters. The van der Waals surface area contributed by atoms with Gasteiger partial charge in [-0.3, -0.25) is 15.0 Å². The van der Waals surface area contributed by atoms with Crippen LogP contribution in [0, 0.1) is 6.92 Å². The molecule has 0 fully saturated rings. The van der Waals surface area contributed by atoms with Crippen LogP contribution in [0.4, 0.5) is 0 Å². The SMILES string of the molecule is CCc1[nH]nc(-c2cc(=O)n3[nH]c(COC)c(-c4ccccc4)c3n2)c1C. The van der Waals surface area contributed by atoms with Crippen LogP contribution in [-0.2, 0) is 17.8 Å². The number of hydrogen-bond acceptors (Lipinski definition) is 4. The van der Waals surface area contributed by atoms with Gasteiger partial charge in [0.2, 0.25) is 0 Å². The van der Waals surface area contributed by atoms with E-state index in [1.165, 1.54) is 10.6 Å². The van der Waals surface area contributed by atoms with E-state index in [-0.39, 0.29) is 5.56 Å². The van der Waals surface area contributed by atoms with Crippen molar-refractivity contribution in [3.05, 3.63) is 63.7 Å². The zero-order valence-electron chi connectivity index (χ0n) is 15.5. The van der Waals surface area contributed by atoms with Gasteiger partial charge in [-0.25, -0.2) is 9.50 Å². The number of nitrogens with zero attached hydrogens (tertiary/aromatic N) is 3. The van der Waals surface area contributed by atoms with E-state index in [1.54, 1.807) is 7.11 Å². The van der Waals surface area contributed by atoms with Gasteiger partial charge >= 0.3 is 0 Å². The lowest BCUT2D eigenvalue weighted by Crippen LogP contribution is -2.14. The minimum absolute atomic E-state index is 0.185. The molecule has 3 aromatic heterocycles. The van der Waals surface area contributed by atoms with Crippen LogP contribution in [0.5, 0.6) is 0 Å². The largest absolute Gasteiger partial charge is 0.378 e. The monoisotopic (exact) mass is 363 g/mol. The molecule has 27 heavy (non-hydrogen) atoms. The van der Waals surface area contributed by atoms with Crippen LogP contribution >= 0.6 is 0 Å². The van der Waals surface area contributed by atoms with E-state index >= 15 is 0 Å². The minimum Gasteiger partial charge on any atom is -0.378 e. The van der Waals surface area contributed by atoms with Crippen LogP contribution in [0.3, 0.4) is 0 Å². The first kappa shape index (κ1) is 17.2. The number of methoxy groups -OCH3 is 1. The first-order valence-corrected chi connectivity index (χ1v) is 8.87. The van der Waals surface area contributed by atoms with Gasteiger partial charge in [-0.05, 0) is 24.5 Å². The van der Waals surface area contributed by atoms with Crippen molar-refractivity contribution in [2.45, 2.75) is 26.9 Å². The van der Waals surface area contributed by atoms with Crippen LogP contribution < -0.4 is 5.56 Å². The first-order valence-electron chi connectivity index (χ1n) is 8.87. The zero-order chi connectivity index (χ0) is 19.0. The van der Waals surface area contributed by atoms with E-state index in [9.17, 15) is 4.79 Å². The van der Waals surface area contributed by atoms with Crippen LogP contribution in [0.1, 0.15) is 23.9 Å². The number of nitrogens with one attached hydrogen (secondary N) is 2. The van der Waals surface area contributed by atoms with Crippen molar-refractivity contribution in [3.63, 3.8) is 0 Å². The second kappa shape index (κ2) is 6.85. The Morgan fingerprint density at radius 1 is 1.19 bits per heavy atom. The molecule has 3 heterocycles. The summed E-state index contributed by atoms with van der Waals surface area (Å²) in [5.41, 5.74) is 6.35. The lowest BCUT2D eigenvalue weighted by atomic mass is 10.1. The maximum atomic E-state index is 12.8. The molecular weight excluding hydrogens is 342 g/mol. The molecule has 0 aliphatic carbocycles. The smallest absolute Gasteiger partial charge is 0.273 e. The molecule has 0 aliphatic rings. The molecule has 7 nitrogen and oxygen atoms in total. The summed E-state index contributed by atoms with van der Waals surface area (Å²) >= 11 is 0. The standard InChI is InChI=1S/C20H21N5O2/c1-4-14-12(2)19(23-22-14)15-10-17(26)25-20(21-15)18(16(24-25)11-27-3)13-8-6-5-7-9-13/h5-10,24H,4,11H2,1-3H3,(H,22,23). The summed E-state index contributed by atoms with van der Waals surface area (Å²) in [4.78, 5) is 17.6. The van der Waals surface area contributed by atoms with E-state index in [4.69, 9.17) is 9.72 Å². The summed E-state index contributed by atoms with van der Waals surface area (Å²) in [6, 6.07) is 11.4. The van der Waals surface area contributed by atoms with E-state index in [2.05, 4.69) is 22.2 Å². The van der Waals surface area contributed by atoms with Crippen molar-refractivity contribution in [3.8, 4) is 22.5 Å². The molecule has 1 aromatic carbocycles. The van der Waals surface area contributed by atoms with Crippen molar-refractivity contribution in [1.29, 1.82) is 0 Å². The van der Waals surface area contributed by atoms with E-state index in [1.807, 2.05) is 37.3 Å². The molecule has 4 aromatic rings. The molecule has 7 heteroatoms. The van der Waals surface area contributed by atoms with Gasteiger partial charge < -0.3 is 4.74 Å². The van der Waals surface area contributed by atoms with Crippen LogP contribution in [0.2, 0.25) is 0 Å². The number of fused-ring (bicyclic) bond motifs is 1. The van der Waals surface area contributed by atoms with Gasteiger partial charge in [0.05, 0.1) is 18.0 Å². The topological polar surface area (TPSA) is 88.1 Å². The highest BCUT2D eigenvalue weighted by atomic mass is 16.5. The van der Waals surface area contributed by atoms with Gasteiger partial charge in [0.25, 0.3) is 5.56 Å². The summed E-state index contributed by atoms with van der Waals surface area (Å²) < 4.78 is 6.78. The van der Waals surface area contributed by atoms with Gasteiger partial charge in [-0.2, -0.15) is 5.10 Å². The Bertz CT molecular complexity index is 1150. The Morgan fingerprint density at radius 3 is 2.63 bits per heavy atom. The van der Waals surface area contributed by atoms with Gasteiger partial charge in [-0.15, -0.1) is 0 Å². The summed E-state index contributed by atoms with van der Waals surface area (Å²) in [6.07, 6.45) is 0.845. The second-order valence-electron chi connectivity index (χ2n) is 6.43. The fourth-order valence-corrected chi connectivity index (χ4v) is 3.39. The number of rotatable bonds is 5. The van der Waals surface area contributed by atoms with Crippen molar-refractivity contribution in [1.82, 2.24) is 24.8 Å². The van der Waals surface area contributed by atoms with Crippen molar-refractivity contribution < 1.29 is 4.74 Å². The molecule has 0 radical (unpaired) electrons. The van der Waals surface area contributed by atoms with Gasteiger partial charge in [0.15, 0.2) is 5.65 Å². The third-order valence-electron chi connectivity index (χ3n) is 4.75. The highest BCUT2D eigenvalue weighted by Gasteiger charge is 2.19. The number of benzene rings is 1. The molecular formula is C20H21N5O2. The summed E-state index contributed by atoms with van der Waals surface area (Å²) in [6.45, 7) is 4.41. The fourth-order valence-electron chi connectivity index (χ4n) is 3.39. The van der Waals surface area contributed by atoms with Crippen LogP contribution in [-0.4, -0.2) is 31.9 Å². The number of aryl methyl sites for hydroxylation is 1. The average Bonchev–Trinajstić information content (AvgIpc) is 3.23. The second-order valence-corrected chi connectivity index (χ2v) is 6.43. The Kier molecular flexibility index (Phi) is 4.37. The highest BCUT2D eigenvalue weighted by molar-refractivity contribution is 5.81. The lowest BCUT2D eigenvalue weighted by Gasteiger charge is -2.04. The molecule has 0 atom stereocenters. The molecule has 0 amide bonds. The van der Waals surface area contributed by atoms with Crippen molar-refractivity contribution >= 4 is 5.65 Å². The van der Waals surface area contributed by atoms with Crippen LogP contribution in [0.25, 0.3) is 28.2 Å². The number of ether oxygens (including phenoxy) is 1. The zero-order valence-corrected chi connectivity index (χ0v) is 15.5. The molecule has 0 bridgehead atoms. The Balaban J connectivity index is 2.00.